The van der Waals surface area contributed by atoms with Crippen molar-refractivity contribution in [2.24, 2.45) is 11.8 Å². The molecule has 0 aromatic heterocycles. The minimum atomic E-state index is -0.794. The van der Waals surface area contributed by atoms with E-state index < -0.39 is 17.5 Å². The summed E-state index contributed by atoms with van der Waals surface area (Å²) in [6.07, 6.45) is 0.826. The molecule has 0 aliphatic carbocycles. The van der Waals surface area contributed by atoms with Gasteiger partial charge in [0.1, 0.15) is 5.60 Å². The average Bonchev–Trinajstić information content (AvgIpc) is 2.78. The van der Waals surface area contributed by atoms with E-state index in [4.69, 9.17) is 10.00 Å². The molecule has 3 rings (SSSR count). The van der Waals surface area contributed by atoms with Crippen LogP contribution >= 0.6 is 0 Å². The lowest BCUT2D eigenvalue weighted by atomic mass is 9.76. The fraction of sp³-hybridized carbons (Fsp3) is 0.654. The van der Waals surface area contributed by atoms with E-state index in [0.717, 1.165) is 44.8 Å². The number of hydrogen-bond donors (Lipinski definition) is 1. The lowest BCUT2D eigenvalue weighted by molar-refractivity contribution is -0.158. The van der Waals surface area contributed by atoms with Gasteiger partial charge in [-0.05, 0) is 58.4 Å². The topological polar surface area (TPSA) is 97.1 Å². The molecular formula is C26H38N4O4. The highest BCUT2D eigenvalue weighted by Gasteiger charge is 2.44. The quantitative estimate of drug-likeness (QED) is 0.634. The summed E-state index contributed by atoms with van der Waals surface area (Å²) in [6.45, 7) is 13.7. The zero-order chi connectivity index (χ0) is 25.0. The number of nitriles is 1. The van der Waals surface area contributed by atoms with Crippen molar-refractivity contribution in [3.05, 3.63) is 29.8 Å². The Morgan fingerprint density at radius 1 is 1.15 bits per heavy atom. The van der Waals surface area contributed by atoms with Crippen molar-refractivity contribution < 1.29 is 19.4 Å². The molecule has 8 nitrogen and oxygen atoms in total. The number of ether oxygens (including phenoxy) is 1. The fourth-order valence-corrected chi connectivity index (χ4v) is 5.42. The molecule has 8 heteroatoms. The summed E-state index contributed by atoms with van der Waals surface area (Å²) in [6, 6.07) is 9.92. The van der Waals surface area contributed by atoms with Gasteiger partial charge >= 0.3 is 11.9 Å². The van der Waals surface area contributed by atoms with Gasteiger partial charge in [-0.3, -0.25) is 19.4 Å². The zero-order valence-corrected chi connectivity index (χ0v) is 21.0. The van der Waals surface area contributed by atoms with E-state index in [1.807, 2.05) is 52.0 Å². The highest BCUT2D eigenvalue weighted by molar-refractivity contribution is 5.72. The molecule has 0 saturated carbocycles. The summed E-state index contributed by atoms with van der Waals surface area (Å²) >= 11 is 0. The van der Waals surface area contributed by atoms with Crippen LogP contribution in [0.5, 0.6) is 0 Å². The van der Waals surface area contributed by atoms with Gasteiger partial charge in [0.05, 0.1) is 24.1 Å². The number of carboxylic acid groups (broad SMARTS) is 1. The summed E-state index contributed by atoms with van der Waals surface area (Å²) in [5.74, 6) is -1.67. The summed E-state index contributed by atoms with van der Waals surface area (Å²) in [5, 5.41) is 18.9. The third-order valence-corrected chi connectivity index (χ3v) is 7.15. The van der Waals surface area contributed by atoms with Crippen LogP contribution in [0.3, 0.4) is 0 Å². The number of hydrogen-bond acceptors (Lipinski definition) is 7. The van der Waals surface area contributed by atoms with Crippen LogP contribution in [0.4, 0.5) is 5.69 Å². The van der Waals surface area contributed by atoms with Gasteiger partial charge in [-0.1, -0.05) is 6.92 Å². The van der Waals surface area contributed by atoms with Crippen LogP contribution in [0.15, 0.2) is 24.3 Å². The highest BCUT2D eigenvalue weighted by atomic mass is 16.6. The zero-order valence-electron chi connectivity index (χ0n) is 21.0. The smallest absolute Gasteiger partial charge is 0.320 e. The molecule has 4 unspecified atom stereocenters. The number of piperazine rings is 1. The molecule has 34 heavy (non-hydrogen) atoms. The normalized spacial score (nSPS) is 25.4. The van der Waals surface area contributed by atoms with Crippen molar-refractivity contribution in [3.63, 3.8) is 0 Å². The Bertz CT molecular complexity index is 897. The minimum Gasteiger partial charge on any atom is -0.481 e. The molecule has 2 heterocycles. The maximum Gasteiger partial charge on any atom is 0.320 e. The number of carbonyl (C=O) groups excluding carboxylic acids is 1. The Hall–Kier alpha value is -2.63. The van der Waals surface area contributed by atoms with E-state index in [1.54, 1.807) is 6.92 Å². The van der Waals surface area contributed by atoms with Gasteiger partial charge in [-0.2, -0.15) is 5.26 Å². The Balaban J connectivity index is 1.68. The number of esters is 1. The fourth-order valence-electron chi connectivity index (χ4n) is 5.42. The molecule has 2 fully saturated rings. The Labute approximate surface area is 203 Å². The van der Waals surface area contributed by atoms with Gasteiger partial charge in [-0.25, -0.2) is 0 Å². The second-order valence-corrected chi connectivity index (χ2v) is 10.5. The number of carboxylic acids is 1. The summed E-state index contributed by atoms with van der Waals surface area (Å²) < 4.78 is 5.51. The van der Waals surface area contributed by atoms with Gasteiger partial charge in [0, 0.05) is 56.4 Å². The first-order chi connectivity index (χ1) is 16.0. The monoisotopic (exact) mass is 470 g/mol. The van der Waals surface area contributed by atoms with E-state index in [9.17, 15) is 14.7 Å². The lowest BCUT2D eigenvalue weighted by Crippen LogP contribution is -2.62. The van der Waals surface area contributed by atoms with Crippen molar-refractivity contribution in [2.75, 3.05) is 44.2 Å². The average molecular weight is 471 g/mol. The molecule has 186 valence electrons. The van der Waals surface area contributed by atoms with Crippen molar-refractivity contribution in [1.82, 2.24) is 9.80 Å². The van der Waals surface area contributed by atoms with E-state index in [1.165, 1.54) is 0 Å². The molecule has 1 aromatic carbocycles. The van der Waals surface area contributed by atoms with Crippen LogP contribution in [0.1, 0.15) is 46.6 Å². The standard InChI is InChI=1S/C26H38N4O4/c1-18(25(32)33)24-19(2)30(17-23(31)34-26(3,4)5)11-10-22(24)29-14-12-28(13-15-29)21-8-6-20(16-27)7-9-21/h6-9,18-19,22,24H,10-15,17H2,1-5H3,(H,32,33). The number of benzene rings is 1. The number of aliphatic carboxylic acids is 1. The largest absolute Gasteiger partial charge is 0.481 e. The molecule has 2 aliphatic heterocycles. The van der Waals surface area contributed by atoms with Crippen molar-refractivity contribution in [1.29, 1.82) is 5.26 Å². The summed E-state index contributed by atoms with van der Waals surface area (Å²) in [5.41, 5.74) is 1.22. The number of carbonyl (C=O) groups is 2. The molecule has 1 N–H and O–H groups in total. The molecule has 0 bridgehead atoms. The number of likely N-dealkylation sites (tertiary alicyclic amines) is 1. The third-order valence-electron chi connectivity index (χ3n) is 7.15. The molecule has 0 amide bonds. The van der Waals surface area contributed by atoms with E-state index in [2.05, 4.69) is 20.8 Å². The predicted octanol–water partition coefficient (Wildman–Crippen LogP) is 2.82. The predicted molar refractivity (Wildman–Crippen MR) is 131 cm³/mol. The van der Waals surface area contributed by atoms with E-state index >= 15 is 0 Å². The van der Waals surface area contributed by atoms with Crippen LogP contribution in [-0.2, 0) is 14.3 Å². The van der Waals surface area contributed by atoms with Gasteiger partial charge in [0.2, 0.25) is 0 Å². The van der Waals surface area contributed by atoms with Gasteiger partial charge in [0.25, 0.3) is 0 Å². The maximum atomic E-state index is 12.5. The Kier molecular flexibility index (Phi) is 8.21. The second kappa shape index (κ2) is 10.7. The van der Waals surface area contributed by atoms with Gasteiger partial charge < -0.3 is 14.7 Å². The van der Waals surface area contributed by atoms with E-state index in [-0.39, 0.29) is 30.5 Å². The Morgan fingerprint density at radius 3 is 2.29 bits per heavy atom. The molecule has 0 spiro atoms. The van der Waals surface area contributed by atoms with Crippen LogP contribution in [0, 0.1) is 23.2 Å². The highest BCUT2D eigenvalue weighted by Crippen LogP contribution is 2.34. The summed E-state index contributed by atoms with van der Waals surface area (Å²) in [7, 11) is 0. The lowest BCUT2D eigenvalue weighted by Gasteiger charge is -2.51. The number of anilines is 1. The molecule has 4 atom stereocenters. The molecule has 0 radical (unpaired) electrons. The Morgan fingerprint density at radius 2 is 1.76 bits per heavy atom. The molecule has 1 aromatic rings. The van der Waals surface area contributed by atoms with Crippen molar-refractivity contribution >= 4 is 17.6 Å². The first-order valence-corrected chi connectivity index (χ1v) is 12.2. The van der Waals surface area contributed by atoms with E-state index in [0.29, 0.717) is 5.56 Å². The molecule has 2 saturated heterocycles. The first kappa shape index (κ1) is 26.0. The van der Waals surface area contributed by atoms with Crippen molar-refractivity contribution in [3.8, 4) is 6.07 Å². The van der Waals surface area contributed by atoms with Crippen LogP contribution in [-0.4, -0.2) is 83.8 Å². The van der Waals surface area contributed by atoms with Crippen LogP contribution in [0.2, 0.25) is 0 Å². The maximum absolute atomic E-state index is 12.5. The van der Waals surface area contributed by atoms with Crippen LogP contribution < -0.4 is 4.90 Å². The molecular weight excluding hydrogens is 432 g/mol. The van der Waals surface area contributed by atoms with Gasteiger partial charge in [0.15, 0.2) is 0 Å². The number of rotatable bonds is 6. The van der Waals surface area contributed by atoms with Crippen LogP contribution in [0.25, 0.3) is 0 Å². The minimum absolute atomic E-state index is 0.0473. The number of nitrogens with zero attached hydrogens (tertiary/aromatic N) is 4. The van der Waals surface area contributed by atoms with Gasteiger partial charge in [-0.15, -0.1) is 0 Å². The first-order valence-electron chi connectivity index (χ1n) is 12.2. The second-order valence-electron chi connectivity index (χ2n) is 10.5. The third kappa shape index (κ3) is 6.28. The van der Waals surface area contributed by atoms with Crippen molar-refractivity contribution in [2.45, 2.75) is 58.7 Å². The number of piperidine rings is 1. The summed E-state index contributed by atoms with van der Waals surface area (Å²) in [4.78, 5) is 31.3. The SMILES string of the molecule is CC(C(=O)O)C1C(C)N(CC(=O)OC(C)(C)C)CCC1N1CCN(c2ccc(C#N)cc2)CC1. The molecule has 2 aliphatic rings.